The summed E-state index contributed by atoms with van der Waals surface area (Å²) in [4.78, 5) is 28.9. The molecular formula is C25H26N2O3S. The first-order valence-corrected chi connectivity index (χ1v) is 11.3. The van der Waals surface area contributed by atoms with Gasteiger partial charge in [-0.15, -0.1) is 11.3 Å². The molecule has 5 nitrogen and oxygen atoms in total. The van der Waals surface area contributed by atoms with Crippen molar-refractivity contribution in [3.05, 3.63) is 77.2 Å². The number of amides is 2. The van der Waals surface area contributed by atoms with E-state index in [0.29, 0.717) is 37.2 Å². The Bertz CT molecular complexity index is 1080. The van der Waals surface area contributed by atoms with Crippen LogP contribution in [-0.4, -0.2) is 36.9 Å². The molecular weight excluding hydrogens is 408 g/mol. The number of ether oxygens (including phenoxy) is 1. The second-order valence-corrected chi connectivity index (χ2v) is 8.98. The summed E-state index contributed by atoms with van der Waals surface area (Å²) < 4.78 is 5.36. The first-order chi connectivity index (χ1) is 15.0. The van der Waals surface area contributed by atoms with E-state index in [9.17, 15) is 9.59 Å². The van der Waals surface area contributed by atoms with Crippen LogP contribution in [0.15, 0.2) is 66.0 Å². The van der Waals surface area contributed by atoms with Crippen molar-refractivity contribution in [3.8, 4) is 16.2 Å². The zero-order valence-electron chi connectivity index (χ0n) is 17.5. The average molecular weight is 435 g/mol. The number of carbonyl (C=O) groups is 2. The molecule has 4 rings (SSSR count). The number of hydrogen-bond acceptors (Lipinski definition) is 4. The topological polar surface area (TPSA) is 72.6 Å². The number of nitrogens with two attached hydrogens (primary N) is 1. The molecule has 3 aromatic rings. The maximum Gasteiger partial charge on any atom is 0.257 e. The number of primary amides is 1. The molecule has 0 radical (unpaired) electrons. The van der Waals surface area contributed by atoms with Crippen LogP contribution >= 0.6 is 11.3 Å². The molecule has 1 atom stereocenters. The Labute approximate surface area is 186 Å². The van der Waals surface area contributed by atoms with Gasteiger partial charge in [0, 0.05) is 18.0 Å². The second-order valence-electron chi connectivity index (χ2n) is 8.03. The Hall–Kier alpha value is -3.12. The molecule has 31 heavy (non-hydrogen) atoms. The fourth-order valence-corrected chi connectivity index (χ4v) is 5.12. The van der Waals surface area contributed by atoms with Gasteiger partial charge in [-0.1, -0.05) is 42.5 Å². The largest absolute Gasteiger partial charge is 0.496 e. The van der Waals surface area contributed by atoms with E-state index < -0.39 is 5.41 Å². The monoisotopic (exact) mass is 434 g/mol. The molecule has 1 aliphatic rings. The van der Waals surface area contributed by atoms with Crippen LogP contribution in [0.5, 0.6) is 5.75 Å². The highest BCUT2D eigenvalue weighted by Crippen LogP contribution is 2.36. The van der Waals surface area contributed by atoms with Gasteiger partial charge in [-0.3, -0.25) is 9.59 Å². The van der Waals surface area contributed by atoms with Crippen molar-refractivity contribution >= 4 is 23.2 Å². The Kier molecular flexibility index (Phi) is 6.09. The molecule has 1 saturated heterocycles. The normalized spacial score (nSPS) is 18.5. The van der Waals surface area contributed by atoms with Gasteiger partial charge in [0.25, 0.3) is 5.91 Å². The van der Waals surface area contributed by atoms with E-state index >= 15 is 0 Å². The lowest BCUT2D eigenvalue weighted by atomic mass is 9.74. The van der Waals surface area contributed by atoms with Crippen LogP contribution in [0.1, 0.15) is 28.8 Å². The summed E-state index contributed by atoms with van der Waals surface area (Å²) in [6, 6.07) is 19.5. The second kappa shape index (κ2) is 8.94. The first kappa shape index (κ1) is 21.1. The van der Waals surface area contributed by atoms with Gasteiger partial charge in [-0.25, -0.2) is 0 Å². The Morgan fingerprint density at radius 2 is 1.97 bits per heavy atom. The van der Waals surface area contributed by atoms with Crippen LogP contribution in [0.2, 0.25) is 0 Å². The minimum absolute atomic E-state index is 0.130. The van der Waals surface area contributed by atoms with Crippen molar-refractivity contribution in [1.82, 2.24) is 4.90 Å². The van der Waals surface area contributed by atoms with Gasteiger partial charge in [-0.2, -0.15) is 0 Å². The van der Waals surface area contributed by atoms with E-state index in [1.54, 1.807) is 35.5 Å². The summed E-state index contributed by atoms with van der Waals surface area (Å²) in [7, 11) is 1.55. The van der Waals surface area contributed by atoms with Crippen molar-refractivity contribution in [3.63, 3.8) is 0 Å². The lowest BCUT2D eigenvalue weighted by Gasteiger charge is -2.41. The molecule has 1 fully saturated rings. The van der Waals surface area contributed by atoms with Crippen molar-refractivity contribution in [2.45, 2.75) is 19.3 Å². The molecule has 2 aromatic carbocycles. The highest BCUT2D eigenvalue weighted by molar-refractivity contribution is 7.13. The lowest BCUT2D eigenvalue weighted by Crippen LogP contribution is -2.53. The van der Waals surface area contributed by atoms with E-state index in [-0.39, 0.29) is 11.8 Å². The summed E-state index contributed by atoms with van der Waals surface area (Å²) in [6.07, 6.45) is 1.91. The van der Waals surface area contributed by atoms with Crippen LogP contribution in [0, 0.1) is 5.41 Å². The number of piperidine rings is 1. The Balaban J connectivity index is 1.60. The van der Waals surface area contributed by atoms with Crippen molar-refractivity contribution < 1.29 is 14.3 Å². The molecule has 0 unspecified atom stereocenters. The van der Waals surface area contributed by atoms with Gasteiger partial charge in [0.1, 0.15) is 5.75 Å². The van der Waals surface area contributed by atoms with Crippen LogP contribution < -0.4 is 10.5 Å². The third-order valence-corrected chi connectivity index (χ3v) is 6.92. The van der Waals surface area contributed by atoms with Crippen LogP contribution in [0.25, 0.3) is 10.4 Å². The number of para-hydroxylation sites is 1. The fraction of sp³-hybridized carbons (Fsp3) is 0.280. The number of likely N-dealkylation sites (tertiary alicyclic amines) is 1. The summed E-state index contributed by atoms with van der Waals surface area (Å²) in [5.41, 5.74) is 7.84. The van der Waals surface area contributed by atoms with Crippen molar-refractivity contribution in [2.24, 2.45) is 11.1 Å². The highest BCUT2D eigenvalue weighted by atomic mass is 32.1. The molecule has 2 amide bonds. The molecule has 160 valence electrons. The number of nitrogens with zero attached hydrogens (tertiary/aromatic N) is 1. The van der Waals surface area contributed by atoms with E-state index in [2.05, 4.69) is 23.6 Å². The Morgan fingerprint density at radius 3 is 2.71 bits per heavy atom. The molecule has 2 N–H and O–H groups in total. The van der Waals surface area contributed by atoms with E-state index in [4.69, 9.17) is 10.5 Å². The number of rotatable bonds is 6. The number of carbonyl (C=O) groups excluding carboxylic acids is 2. The summed E-state index contributed by atoms with van der Waals surface area (Å²) in [5.74, 6) is 0.0491. The maximum absolute atomic E-state index is 13.2. The standard InChI is InChI=1S/C25H26N2O3S/c1-30-21-10-3-2-9-20(21)23(28)27-13-6-12-25(17-27,24(26)29)16-18-7-4-8-19(15-18)22-11-5-14-31-22/h2-5,7-11,14-15H,6,12-13,16-17H2,1H3,(H2,26,29)/t25-/m1/s1. The van der Waals surface area contributed by atoms with E-state index in [0.717, 1.165) is 17.5 Å². The minimum Gasteiger partial charge on any atom is -0.496 e. The molecule has 0 bridgehead atoms. The summed E-state index contributed by atoms with van der Waals surface area (Å²) in [6.45, 7) is 0.906. The molecule has 0 spiro atoms. The molecule has 6 heteroatoms. The predicted octanol–water partition coefficient (Wildman–Crippen LogP) is 4.37. The van der Waals surface area contributed by atoms with E-state index in [1.807, 2.05) is 30.3 Å². The molecule has 1 aliphatic heterocycles. The zero-order valence-corrected chi connectivity index (χ0v) is 18.4. The lowest BCUT2D eigenvalue weighted by molar-refractivity contribution is -0.130. The van der Waals surface area contributed by atoms with Gasteiger partial charge >= 0.3 is 0 Å². The smallest absolute Gasteiger partial charge is 0.257 e. The number of thiophene rings is 1. The molecule has 2 heterocycles. The van der Waals surface area contributed by atoms with Crippen LogP contribution in [0.4, 0.5) is 0 Å². The fourth-order valence-electron chi connectivity index (χ4n) is 4.40. The van der Waals surface area contributed by atoms with E-state index in [1.165, 1.54) is 4.88 Å². The van der Waals surface area contributed by atoms with Crippen molar-refractivity contribution in [2.75, 3.05) is 20.2 Å². The Morgan fingerprint density at radius 1 is 1.13 bits per heavy atom. The summed E-state index contributed by atoms with van der Waals surface area (Å²) in [5, 5.41) is 2.05. The summed E-state index contributed by atoms with van der Waals surface area (Å²) >= 11 is 1.69. The number of benzene rings is 2. The third-order valence-electron chi connectivity index (χ3n) is 6.00. The van der Waals surface area contributed by atoms with Gasteiger partial charge < -0.3 is 15.4 Å². The predicted molar refractivity (Wildman–Crippen MR) is 123 cm³/mol. The van der Waals surface area contributed by atoms with Crippen molar-refractivity contribution in [1.29, 1.82) is 0 Å². The van der Waals surface area contributed by atoms with Gasteiger partial charge in [0.2, 0.25) is 5.91 Å². The molecule has 0 aliphatic carbocycles. The van der Waals surface area contributed by atoms with Gasteiger partial charge in [-0.05, 0) is 54.0 Å². The molecule has 0 saturated carbocycles. The van der Waals surface area contributed by atoms with Crippen LogP contribution in [0.3, 0.4) is 0 Å². The van der Waals surface area contributed by atoms with Gasteiger partial charge in [0.15, 0.2) is 0 Å². The molecule has 1 aromatic heterocycles. The number of methoxy groups -OCH3 is 1. The quantitative estimate of drug-likeness (QED) is 0.626. The zero-order chi connectivity index (χ0) is 21.8. The maximum atomic E-state index is 13.2. The number of hydrogen-bond donors (Lipinski definition) is 1. The van der Waals surface area contributed by atoms with Gasteiger partial charge in [0.05, 0.1) is 18.1 Å². The van der Waals surface area contributed by atoms with Crippen LogP contribution in [-0.2, 0) is 11.2 Å². The average Bonchev–Trinajstić information content (AvgIpc) is 3.34. The highest BCUT2D eigenvalue weighted by Gasteiger charge is 2.42. The minimum atomic E-state index is -0.788. The third kappa shape index (κ3) is 4.35. The SMILES string of the molecule is COc1ccccc1C(=O)N1CCC[C@](Cc2cccc(-c3cccs3)c2)(C(N)=O)C1. The first-order valence-electron chi connectivity index (χ1n) is 10.4.